The van der Waals surface area contributed by atoms with Crippen molar-refractivity contribution in [2.24, 2.45) is 0 Å². The lowest BCUT2D eigenvalue weighted by Gasteiger charge is -2.32. The molecule has 0 aromatic heterocycles. The highest BCUT2D eigenvalue weighted by atomic mass is 32.2. The monoisotopic (exact) mass is 355 g/mol. The maximum atomic E-state index is 12.1. The maximum absolute atomic E-state index is 12.1. The molecule has 2 aromatic rings. The highest BCUT2D eigenvalue weighted by molar-refractivity contribution is 7.99. The maximum Gasteiger partial charge on any atom is 0.347 e. The van der Waals surface area contributed by atoms with Gasteiger partial charge < -0.3 is 14.4 Å². The molecule has 25 heavy (non-hydrogen) atoms. The Morgan fingerprint density at radius 1 is 1.12 bits per heavy atom. The second kappa shape index (κ2) is 6.80. The second-order valence-electron chi connectivity index (χ2n) is 5.87. The summed E-state index contributed by atoms with van der Waals surface area (Å²) in [7, 11) is 0. The third-order valence-corrected chi connectivity index (χ3v) is 5.36. The molecule has 1 atom stereocenters. The summed E-state index contributed by atoms with van der Waals surface area (Å²) >= 11 is 1.73. The summed E-state index contributed by atoms with van der Waals surface area (Å²) in [4.78, 5) is 28.0. The smallest absolute Gasteiger partial charge is 0.347 e. The fourth-order valence-electron chi connectivity index (χ4n) is 3.03. The van der Waals surface area contributed by atoms with E-state index in [1.165, 1.54) is 0 Å². The number of carbonyl (C=O) groups is 2. The first-order valence-electron chi connectivity index (χ1n) is 8.22. The summed E-state index contributed by atoms with van der Waals surface area (Å²) in [5, 5.41) is 0. The molecule has 0 unspecified atom stereocenters. The Labute approximate surface area is 149 Å². The van der Waals surface area contributed by atoms with Crippen molar-refractivity contribution in [3.05, 3.63) is 48.5 Å². The number of para-hydroxylation sites is 2. The van der Waals surface area contributed by atoms with E-state index in [0.717, 1.165) is 21.2 Å². The van der Waals surface area contributed by atoms with Crippen molar-refractivity contribution in [2.75, 3.05) is 18.1 Å². The Balaban J connectivity index is 1.50. The van der Waals surface area contributed by atoms with E-state index in [1.54, 1.807) is 11.8 Å². The van der Waals surface area contributed by atoms with Gasteiger partial charge in [-0.2, -0.15) is 0 Å². The van der Waals surface area contributed by atoms with Gasteiger partial charge in [-0.05, 0) is 24.3 Å². The molecule has 0 N–H and O–H groups in total. The Morgan fingerprint density at radius 3 is 2.36 bits per heavy atom. The van der Waals surface area contributed by atoms with Crippen LogP contribution in [0.25, 0.3) is 0 Å². The van der Waals surface area contributed by atoms with Gasteiger partial charge in [-0.25, -0.2) is 4.79 Å². The first kappa shape index (κ1) is 16.0. The normalized spacial score (nSPS) is 18.3. The Hall–Kier alpha value is -2.47. The third-order valence-electron chi connectivity index (χ3n) is 4.23. The lowest BCUT2D eigenvalue weighted by Crippen LogP contribution is -2.27. The molecule has 6 heteroatoms. The van der Waals surface area contributed by atoms with E-state index in [2.05, 4.69) is 29.2 Å². The van der Waals surface area contributed by atoms with Gasteiger partial charge in [0.1, 0.15) is 0 Å². The van der Waals surface area contributed by atoms with Gasteiger partial charge in [0.2, 0.25) is 6.10 Å². The van der Waals surface area contributed by atoms with Gasteiger partial charge in [-0.15, -0.1) is 0 Å². The molecular weight excluding hydrogens is 338 g/mol. The summed E-state index contributed by atoms with van der Waals surface area (Å²) in [5.41, 5.74) is 2.17. The Morgan fingerprint density at radius 2 is 1.76 bits per heavy atom. The highest BCUT2D eigenvalue weighted by Gasteiger charge is 2.30. The molecular formula is C19H17NO4S. The van der Waals surface area contributed by atoms with Crippen LogP contribution in [0.5, 0.6) is 0 Å². The number of fused-ring (bicyclic) bond motifs is 2. The van der Waals surface area contributed by atoms with Crippen LogP contribution in [0.2, 0.25) is 0 Å². The van der Waals surface area contributed by atoms with Crippen molar-refractivity contribution in [1.82, 2.24) is 0 Å². The molecule has 1 fully saturated rings. The molecule has 128 valence electrons. The zero-order valence-corrected chi connectivity index (χ0v) is 14.3. The van der Waals surface area contributed by atoms with E-state index in [1.807, 2.05) is 24.3 Å². The molecule has 2 heterocycles. The first-order chi connectivity index (χ1) is 12.2. The van der Waals surface area contributed by atoms with Crippen LogP contribution in [-0.4, -0.2) is 31.2 Å². The minimum absolute atomic E-state index is 0.205. The van der Waals surface area contributed by atoms with Gasteiger partial charge in [-0.1, -0.05) is 36.0 Å². The average Bonchev–Trinajstić information content (AvgIpc) is 3.03. The van der Waals surface area contributed by atoms with Crippen LogP contribution in [0.3, 0.4) is 0 Å². The molecule has 2 aliphatic rings. The van der Waals surface area contributed by atoms with Gasteiger partial charge in [0.05, 0.1) is 24.4 Å². The molecule has 0 amide bonds. The van der Waals surface area contributed by atoms with Gasteiger partial charge in [0.25, 0.3) is 0 Å². The van der Waals surface area contributed by atoms with Crippen LogP contribution in [0.1, 0.15) is 12.8 Å². The fourth-order valence-corrected chi connectivity index (χ4v) is 4.12. The van der Waals surface area contributed by atoms with Crippen LogP contribution in [0, 0.1) is 0 Å². The predicted octanol–water partition coefficient (Wildman–Crippen LogP) is 3.54. The lowest BCUT2D eigenvalue weighted by atomic mass is 10.2. The van der Waals surface area contributed by atoms with Crippen molar-refractivity contribution >= 4 is 35.1 Å². The van der Waals surface area contributed by atoms with Crippen molar-refractivity contribution in [2.45, 2.75) is 28.7 Å². The zero-order chi connectivity index (χ0) is 17.2. The van der Waals surface area contributed by atoms with Crippen LogP contribution < -0.4 is 4.90 Å². The topological polar surface area (TPSA) is 55.8 Å². The molecule has 1 saturated heterocycles. The highest BCUT2D eigenvalue weighted by Crippen LogP contribution is 2.47. The summed E-state index contributed by atoms with van der Waals surface area (Å²) in [6.45, 7) is 0.816. The molecule has 0 saturated carbocycles. The molecule has 4 rings (SSSR count). The van der Waals surface area contributed by atoms with Gasteiger partial charge >= 0.3 is 11.9 Å². The summed E-state index contributed by atoms with van der Waals surface area (Å²) < 4.78 is 10.1. The fraction of sp³-hybridized carbons (Fsp3) is 0.263. The molecule has 0 spiro atoms. The molecule has 0 radical (unpaired) electrons. The molecule has 2 aliphatic heterocycles. The number of carbonyl (C=O) groups excluding carboxylic acids is 2. The quantitative estimate of drug-likeness (QED) is 0.782. The standard InChI is InChI=1S/C19H17NO4S/c21-18(24-15-10-12-23-19(15)22)9-11-20-13-5-1-3-7-16(13)25-17-8-4-2-6-14(17)20/h1-8,15H,9-12H2/t15-/m0/s1. The number of cyclic esters (lactones) is 1. The molecule has 0 aliphatic carbocycles. The van der Waals surface area contributed by atoms with Crippen molar-refractivity contribution in [3.63, 3.8) is 0 Å². The van der Waals surface area contributed by atoms with Crippen LogP contribution in [0.15, 0.2) is 58.3 Å². The van der Waals surface area contributed by atoms with E-state index in [4.69, 9.17) is 9.47 Å². The molecule has 5 nitrogen and oxygen atoms in total. The Bertz CT molecular complexity index is 777. The summed E-state index contributed by atoms with van der Waals surface area (Å²) in [6, 6.07) is 16.3. The zero-order valence-electron chi connectivity index (χ0n) is 13.5. The largest absolute Gasteiger partial charge is 0.463 e. The van der Waals surface area contributed by atoms with E-state index >= 15 is 0 Å². The van der Waals surface area contributed by atoms with E-state index in [0.29, 0.717) is 19.6 Å². The van der Waals surface area contributed by atoms with E-state index in [9.17, 15) is 9.59 Å². The number of anilines is 2. The lowest BCUT2D eigenvalue weighted by molar-refractivity contribution is -0.160. The minimum Gasteiger partial charge on any atom is -0.463 e. The number of nitrogens with zero attached hydrogens (tertiary/aromatic N) is 1. The Kier molecular flexibility index (Phi) is 4.36. The number of hydrogen-bond donors (Lipinski definition) is 0. The second-order valence-corrected chi connectivity index (χ2v) is 6.96. The number of rotatable bonds is 4. The number of benzene rings is 2. The van der Waals surface area contributed by atoms with Crippen LogP contribution >= 0.6 is 11.8 Å². The van der Waals surface area contributed by atoms with Crippen molar-refractivity contribution < 1.29 is 19.1 Å². The number of ether oxygens (including phenoxy) is 2. The van der Waals surface area contributed by atoms with Gasteiger partial charge in [0, 0.05) is 22.8 Å². The number of esters is 2. The first-order valence-corrected chi connectivity index (χ1v) is 9.03. The minimum atomic E-state index is -0.746. The van der Waals surface area contributed by atoms with Crippen LogP contribution in [0.4, 0.5) is 11.4 Å². The summed E-state index contributed by atoms with van der Waals surface area (Å²) in [6.07, 6.45) is -0.0998. The van der Waals surface area contributed by atoms with Crippen molar-refractivity contribution in [3.8, 4) is 0 Å². The van der Waals surface area contributed by atoms with Gasteiger partial charge in [-0.3, -0.25) is 4.79 Å². The molecule has 0 bridgehead atoms. The van der Waals surface area contributed by atoms with E-state index in [-0.39, 0.29) is 12.4 Å². The molecule has 2 aromatic carbocycles. The average molecular weight is 355 g/mol. The SMILES string of the molecule is O=C(CCN1c2ccccc2Sc2ccccc21)O[C@H]1CCOC1=O. The number of hydrogen-bond acceptors (Lipinski definition) is 6. The van der Waals surface area contributed by atoms with Crippen molar-refractivity contribution in [1.29, 1.82) is 0 Å². The van der Waals surface area contributed by atoms with E-state index < -0.39 is 12.1 Å². The van der Waals surface area contributed by atoms with Gasteiger partial charge in [0.15, 0.2) is 0 Å². The van der Waals surface area contributed by atoms with Crippen LogP contribution in [-0.2, 0) is 19.1 Å². The predicted molar refractivity (Wildman–Crippen MR) is 94.1 cm³/mol. The third kappa shape index (κ3) is 3.22. The summed E-state index contributed by atoms with van der Waals surface area (Å²) in [5.74, 6) is -0.824.